The van der Waals surface area contributed by atoms with Crippen molar-refractivity contribution in [2.24, 2.45) is 5.92 Å². The molecule has 0 radical (unpaired) electrons. The van der Waals surface area contributed by atoms with Gasteiger partial charge in [-0.05, 0) is 18.8 Å². The van der Waals surface area contributed by atoms with Crippen LogP contribution in [-0.4, -0.2) is 27.6 Å². The van der Waals surface area contributed by atoms with Gasteiger partial charge >= 0.3 is 11.9 Å². The third-order valence-electron chi connectivity index (χ3n) is 1.92. The molecule has 1 saturated carbocycles. The summed E-state index contributed by atoms with van der Waals surface area (Å²) in [4.78, 5) is 21.3. The maximum Gasteiger partial charge on any atom is 0.316 e. The minimum absolute atomic E-state index is 0.0625. The lowest BCUT2D eigenvalue weighted by molar-refractivity contribution is -0.151. The fourth-order valence-corrected chi connectivity index (χ4v) is 1.32. The van der Waals surface area contributed by atoms with E-state index in [1.165, 1.54) is 0 Å². The Labute approximate surface area is 89.8 Å². The molecule has 1 aliphatic carbocycles. The molecule has 0 spiro atoms. The lowest BCUT2D eigenvalue weighted by Gasteiger charge is -2.14. The van der Waals surface area contributed by atoms with Crippen molar-refractivity contribution in [3.05, 3.63) is 0 Å². The molecular formula is C8H11IO4. The lowest BCUT2D eigenvalue weighted by atomic mass is 10.1. The molecule has 0 aromatic rings. The SMILES string of the molecule is O=C(O)CC(OC(=O)CI)C1CC1. The highest BCUT2D eigenvalue weighted by Gasteiger charge is 2.35. The Hall–Kier alpha value is -0.330. The van der Waals surface area contributed by atoms with Gasteiger partial charge in [0.05, 0.1) is 10.8 Å². The Morgan fingerprint density at radius 3 is 2.54 bits per heavy atom. The predicted molar refractivity (Wildman–Crippen MR) is 53.7 cm³/mol. The topological polar surface area (TPSA) is 63.6 Å². The van der Waals surface area contributed by atoms with Crippen LogP contribution in [0.2, 0.25) is 0 Å². The Bertz CT molecular complexity index is 212. The monoisotopic (exact) mass is 298 g/mol. The molecule has 0 amide bonds. The summed E-state index contributed by atoms with van der Waals surface area (Å²) >= 11 is 1.90. The van der Waals surface area contributed by atoms with Gasteiger partial charge in [-0.3, -0.25) is 9.59 Å². The quantitative estimate of drug-likeness (QED) is 0.471. The second-order valence-electron chi connectivity index (χ2n) is 3.10. The van der Waals surface area contributed by atoms with E-state index in [9.17, 15) is 9.59 Å². The molecule has 1 aliphatic rings. The van der Waals surface area contributed by atoms with Crippen molar-refractivity contribution >= 4 is 34.5 Å². The zero-order valence-electron chi connectivity index (χ0n) is 7.03. The van der Waals surface area contributed by atoms with Crippen LogP contribution >= 0.6 is 22.6 Å². The number of alkyl halides is 1. The van der Waals surface area contributed by atoms with Gasteiger partial charge in [0, 0.05) is 0 Å². The van der Waals surface area contributed by atoms with E-state index in [0.717, 1.165) is 12.8 Å². The number of rotatable bonds is 5. The molecule has 0 aliphatic heterocycles. The Balaban J connectivity index is 2.37. The first-order chi connectivity index (χ1) is 6.13. The third kappa shape index (κ3) is 3.93. The first-order valence-corrected chi connectivity index (χ1v) is 5.63. The van der Waals surface area contributed by atoms with Gasteiger partial charge in [0.2, 0.25) is 0 Å². The number of esters is 1. The average Bonchev–Trinajstić information content (AvgIpc) is 2.84. The maximum absolute atomic E-state index is 10.9. The van der Waals surface area contributed by atoms with Crippen molar-refractivity contribution in [1.29, 1.82) is 0 Å². The summed E-state index contributed by atoms with van der Waals surface area (Å²) in [5.74, 6) is -0.945. The predicted octanol–water partition coefficient (Wildman–Crippen LogP) is 1.22. The first kappa shape index (κ1) is 10.7. The smallest absolute Gasteiger partial charge is 0.316 e. The van der Waals surface area contributed by atoms with Crippen molar-refractivity contribution < 1.29 is 19.4 Å². The van der Waals surface area contributed by atoms with Gasteiger partial charge in [0.25, 0.3) is 0 Å². The van der Waals surface area contributed by atoms with E-state index in [2.05, 4.69) is 0 Å². The van der Waals surface area contributed by atoms with Gasteiger partial charge in [-0.1, -0.05) is 22.6 Å². The zero-order valence-corrected chi connectivity index (χ0v) is 9.19. The van der Waals surface area contributed by atoms with E-state index in [1.54, 1.807) is 0 Å². The summed E-state index contributed by atoms with van der Waals surface area (Å²) < 4.78 is 5.29. The number of ether oxygens (including phenoxy) is 1. The van der Waals surface area contributed by atoms with Crippen molar-refractivity contribution in [3.8, 4) is 0 Å². The van der Waals surface area contributed by atoms with Crippen molar-refractivity contribution in [1.82, 2.24) is 0 Å². The number of carboxylic acids is 1. The first-order valence-electron chi connectivity index (χ1n) is 4.10. The minimum atomic E-state index is -0.904. The van der Waals surface area contributed by atoms with Gasteiger partial charge in [-0.15, -0.1) is 0 Å². The fraction of sp³-hybridized carbons (Fsp3) is 0.750. The molecule has 5 heteroatoms. The number of hydrogen-bond donors (Lipinski definition) is 1. The molecule has 1 fully saturated rings. The van der Waals surface area contributed by atoms with E-state index in [0.29, 0.717) is 0 Å². The number of hydrogen-bond acceptors (Lipinski definition) is 3. The van der Waals surface area contributed by atoms with Gasteiger partial charge in [0.1, 0.15) is 6.10 Å². The Morgan fingerprint density at radius 1 is 1.54 bits per heavy atom. The molecule has 1 N–H and O–H groups in total. The van der Waals surface area contributed by atoms with E-state index < -0.39 is 12.1 Å². The van der Waals surface area contributed by atoms with Crippen molar-refractivity contribution in [3.63, 3.8) is 0 Å². The van der Waals surface area contributed by atoms with E-state index in [4.69, 9.17) is 9.84 Å². The van der Waals surface area contributed by atoms with Crippen molar-refractivity contribution in [2.75, 3.05) is 4.43 Å². The maximum atomic E-state index is 10.9. The molecule has 13 heavy (non-hydrogen) atoms. The van der Waals surface area contributed by atoms with Crippen LogP contribution in [-0.2, 0) is 14.3 Å². The fourth-order valence-electron chi connectivity index (χ4n) is 1.15. The van der Waals surface area contributed by atoms with Crippen LogP contribution in [0.15, 0.2) is 0 Å². The molecule has 1 unspecified atom stereocenters. The molecule has 4 nitrogen and oxygen atoms in total. The third-order valence-corrected chi connectivity index (χ3v) is 2.54. The van der Waals surface area contributed by atoms with Gasteiger partial charge in [0.15, 0.2) is 0 Å². The molecule has 0 aromatic carbocycles. The highest BCUT2D eigenvalue weighted by Crippen LogP contribution is 2.35. The average molecular weight is 298 g/mol. The molecular weight excluding hydrogens is 287 g/mol. The van der Waals surface area contributed by atoms with E-state index >= 15 is 0 Å². The van der Waals surface area contributed by atoms with Crippen LogP contribution in [0.3, 0.4) is 0 Å². The molecule has 1 atom stereocenters. The van der Waals surface area contributed by atoms with Crippen LogP contribution < -0.4 is 0 Å². The number of halogens is 1. The Kier molecular flexibility index (Phi) is 3.95. The summed E-state index contributed by atoms with van der Waals surface area (Å²) in [5.41, 5.74) is 0. The highest BCUT2D eigenvalue weighted by molar-refractivity contribution is 14.1. The number of carbonyl (C=O) groups excluding carboxylic acids is 1. The molecule has 0 aromatic heterocycles. The largest absolute Gasteiger partial charge is 0.481 e. The Morgan fingerprint density at radius 2 is 2.15 bits per heavy atom. The summed E-state index contributed by atoms with van der Waals surface area (Å²) in [5, 5.41) is 8.55. The lowest BCUT2D eigenvalue weighted by Crippen LogP contribution is -2.23. The second-order valence-corrected chi connectivity index (χ2v) is 3.86. The summed E-state index contributed by atoms with van der Waals surface area (Å²) in [7, 11) is 0. The van der Waals surface area contributed by atoms with Gasteiger partial charge in [-0.2, -0.15) is 0 Å². The number of aliphatic carboxylic acids is 1. The van der Waals surface area contributed by atoms with Crippen molar-refractivity contribution in [2.45, 2.75) is 25.4 Å². The summed E-state index contributed by atoms with van der Waals surface area (Å²) in [6.45, 7) is 0. The van der Waals surface area contributed by atoms with Crippen LogP contribution in [0.1, 0.15) is 19.3 Å². The second kappa shape index (κ2) is 4.78. The van der Waals surface area contributed by atoms with Crippen LogP contribution in [0, 0.1) is 5.92 Å². The van der Waals surface area contributed by atoms with Gasteiger partial charge < -0.3 is 9.84 Å². The van der Waals surface area contributed by atoms with E-state index in [-0.39, 0.29) is 22.7 Å². The van der Waals surface area contributed by atoms with E-state index in [1.807, 2.05) is 22.6 Å². The number of carbonyl (C=O) groups is 2. The normalized spacial score (nSPS) is 17.9. The van der Waals surface area contributed by atoms with Crippen LogP contribution in [0.4, 0.5) is 0 Å². The van der Waals surface area contributed by atoms with Crippen LogP contribution in [0.5, 0.6) is 0 Å². The zero-order chi connectivity index (χ0) is 9.84. The summed E-state index contributed by atoms with van der Waals surface area (Å²) in [6.07, 6.45) is 1.49. The highest BCUT2D eigenvalue weighted by atomic mass is 127. The van der Waals surface area contributed by atoms with Crippen LogP contribution in [0.25, 0.3) is 0 Å². The standard InChI is InChI=1S/C8H11IO4/c9-4-8(12)13-6(3-7(10)11)5-1-2-5/h5-6H,1-4H2,(H,10,11). The molecule has 0 saturated heterocycles. The molecule has 74 valence electrons. The summed E-state index contributed by atoms with van der Waals surface area (Å²) in [6, 6.07) is 0. The molecule has 1 rings (SSSR count). The van der Waals surface area contributed by atoms with Gasteiger partial charge in [-0.25, -0.2) is 0 Å². The molecule has 0 bridgehead atoms. The molecule has 0 heterocycles. The minimum Gasteiger partial charge on any atom is -0.481 e. The number of carboxylic acid groups (broad SMARTS) is 1.